The number of alkyl halides is 2. The van der Waals surface area contributed by atoms with Gasteiger partial charge in [0.15, 0.2) is 18.1 Å². The number of Topliss-reactive ketones (excluding diaryl/α,β-unsaturated/α-hetero) is 1. The van der Waals surface area contributed by atoms with Gasteiger partial charge in [0.25, 0.3) is 5.91 Å². The fraction of sp³-hybridized carbons (Fsp3) is 0.526. The van der Waals surface area contributed by atoms with Crippen molar-refractivity contribution in [2.75, 3.05) is 11.9 Å². The number of hydrogen-bond donors (Lipinski definition) is 1. The molecular weight excluding hydrogens is 376 g/mol. The maximum absolute atomic E-state index is 13.0. The Morgan fingerprint density at radius 2 is 1.82 bits per heavy atom. The van der Waals surface area contributed by atoms with Crippen LogP contribution >= 0.6 is 0 Å². The van der Waals surface area contributed by atoms with Gasteiger partial charge in [-0.3, -0.25) is 14.4 Å². The minimum absolute atomic E-state index is 0.0781. The SMILES string of the molecule is O=C(COC(=O)C1C[C@@H]2CCC[C@@H](C1)C2=O)Nc1ccc2c(c1)OC(F)(F)O2. The zero-order chi connectivity index (χ0) is 19.9. The summed E-state index contributed by atoms with van der Waals surface area (Å²) in [4.78, 5) is 36.4. The Balaban J connectivity index is 1.28. The van der Waals surface area contributed by atoms with Crippen LogP contribution in [0, 0.1) is 17.8 Å². The van der Waals surface area contributed by atoms with Crippen LogP contribution in [0.1, 0.15) is 32.1 Å². The van der Waals surface area contributed by atoms with Crippen molar-refractivity contribution in [1.82, 2.24) is 0 Å². The van der Waals surface area contributed by atoms with E-state index in [2.05, 4.69) is 14.8 Å². The first-order valence-electron chi connectivity index (χ1n) is 9.21. The van der Waals surface area contributed by atoms with Crippen LogP contribution in [0.25, 0.3) is 0 Å². The topological polar surface area (TPSA) is 90.9 Å². The molecule has 2 aliphatic carbocycles. The number of hydrogen-bond acceptors (Lipinski definition) is 6. The van der Waals surface area contributed by atoms with Gasteiger partial charge in [-0.25, -0.2) is 0 Å². The highest BCUT2D eigenvalue weighted by molar-refractivity contribution is 5.93. The van der Waals surface area contributed by atoms with Crippen molar-refractivity contribution >= 4 is 23.3 Å². The van der Waals surface area contributed by atoms with Crippen LogP contribution in [0.4, 0.5) is 14.5 Å². The third kappa shape index (κ3) is 3.79. The summed E-state index contributed by atoms with van der Waals surface area (Å²) in [5, 5.41) is 2.45. The smallest absolute Gasteiger partial charge is 0.455 e. The Bertz CT molecular complexity index is 811. The highest BCUT2D eigenvalue weighted by atomic mass is 19.3. The van der Waals surface area contributed by atoms with Crippen molar-refractivity contribution in [3.63, 3.8) is 0 Å². The predicted octanol–water partition coefficient (Wildman–Crippen LogP) is 2.89. The summed E-state index contributed by atoms with van der Waals surface area (Å²) >= 11 is 0. The number of halogens is 2. The van der Waals surface area contributed by atoms with Gasteiger partial charge in [-0.05, 0) is 37.8 Å². The number of carbonyl (C=O) groups is 3. The Kier molecular flexibility index (Phi) is 4.68. The molecule has 1 aromatic carbocycles. The molecule has 1 aromatic rings. The van der Waals surface area contributed by atoms with Gasteiger partial charge < -0.3 is 19.5 Å². The van der Waals surface area contributed by atoms with Gasteiger partial charge >= 0.3 is 12.3 Å². The monoisotopic (exact) mass is 395 g/mol. The molecule has 2 saturated carbocycles. The van der Waals surface area contributed by atoms with E-state index in [0.29, 0.717) is 12.8 Å². The number of ether oxygens (including phenoxy) is 3. The summed E-state index contributed by atoms with van der Waals surface area (Å²) in [6.07, 6.45) is -0.156. The minimum atomic E-state index is -3.74. The minimum Gasteiger partial charge on any atom is -0.455 e. The van der Waals surface area contributed by atoms with Gasteiger partial charge in [0.1, 0.15) is 5.78 Å². The van der Waals surface area contributed by atoms with E-state index in [9.17, 15) is 23.2 Å². The van der Waals surface area contributed by atoms with Crippen LogP contribution in [0.5, 0.6) is 11.5 Å². The molecule has 4 rings (SSSR count). The summed E-state index contributed by atoms with van der Waals surface area (Å²) in [6, 6.07) is 3.82. The van der Waals surface area contributed by atoms with Crippen molar-refractivity contribution in [3.8, 4) is 11.5 Å². The molecule has 1 amide bonds. The lowest BCUT2D eigenvalue weighted by atomic mass is 9.67. The average molecular weight is 395 g/mol. The van der Waals surface area contributed by atoms with Gasteiger partial charge in [-0.2, -0.15) is 0 Å². The summed E-state index contributed by atoms with van der Waals surface area (Å²) in [6.45, 7) is -0.497. The molecule has 150 valence electrons. The van der Waals surface area contributed by atoms with Crippen LogP contribution in [0.15, 0.2) is 18.2 Å². The Morgan fingerprint density at radius 1 is 1.14 bits per heavy atom. The zero-order valence-corrected chi connectivity index (χ0v) is 14.9. The molecule has 9 heteroatoms. The number of amides is 1. The van der Waals surface area contributed by atoms with Crippen LogP contribution in [-0.2, 0) is 19.1 Å². The lowest BCUT2D eigenvalue weighted by Crippen LogP contribution is -2.40. The van der Waals surface area contributed by atoms with E-state index in [1.165, 1.54) is 18.2 Å². The van der Waals surface area contributed by atoms with Crippen molar-refractivity contribution in [2.45, 2.75) is 38.4 Å². The lowest BCUT2D eigenvalue weighted by Gasteiger charge is -2.36. The first kappa shape index (κ1) is 18.6. The number of nitrogens with one attached hydrogen (secondary N) is 1. The molecule has 0 radical (unpaired) electrons. The van der Waals surface area contributed by atoms with Gasteiger partial charge in [0, 0.05) is 23.6 Å². The maximum Gasteiger partial charge on any atom is 0.586 e. The highest BCUT2D eigenvalue weighted by Gasteiger charge is 2.44. The van der Waals surface area contributed by atoms with Crippen LogP contribution in [0.3, 0.4) is 0 Å². The van der Waals surface area contributed by atoms with Crippen molar-refractivity contribution < 1.29 is 37.4 Å². The molecule has 2 bridgehead atoms. The number of esters is 1. The van der Waals surface area contributed by atoms with Crippen molar-refractivity contribution in [1.29, 1.82) is 0 Å². The molecule has 2 atom stereocenters. The van der Waals surface area contributed by atoms with E-state index >= 15 is 0 Å². The van der Waals surface area contributed by atoms with Gasteiger partial charge in [-0.1, -0.05) is 6.42 Å². The highest BCUT2D eigenvalue weighted by Crippen LogP contribution is 2.42. The second kappa shape index (κ2) is 7.03. The number of benzene rings is 1. The quantitative estimate of drug-likeness (QED) is 0.789. The van der Waals surface area contributed by atoms with E-state index in [0.717, 1.165) is 19.3 Å². The third-order valence-corrected chi connectivity index (χ3v) is 5.41. The molecule has 0 aromatic heterocycles. The van der Waals surface area contributed by atoms with E-state index in [4.69, 9.17) is 4.74 Å². The number of fused-ring (bicyclic) bond motifs is 3. The number of ketones is 1. The zero-order valence-electron chi connectivity index (χ0n) is 14.9. The summed E-state index contributed by atoms with van der Waals surface area (Å²) in [5.41, 5.74) is 0.207. The molecule has 3 aliphatic rings. The molecule has 28 heavy (non-hydrogen) atoms. The second-order valence-corrected chi connectivity index (χ2v) is 7.38. The molecule has 1 heterocycles. The molecule has 0 spiro atoms. The van der Waals surface area contributed by atoms with Gasteiger partial charge in [0.2, 0.25) is 0 Å². The van der Waals surface area contributed by atoms with E-state index in [-0.39, 0.29) is 40.7 Å². The van der Waals surface area contributed by atoms with E-state index in [1.807, 2.05) is 0 Å². The molecule has 7 nitrogen and oxygen atoms in total. The molecule has 0 saturated heterocycles. The van der Waals surface area contributed by atoms with Crippen molar-refractivity contribution in [3.05, 3.63) is 18.2 Å². The number of carbonyl (C=O) groups excluding carboxylic acids is 3. The summed E-state index contributed by atoms with van der Waals surface area (Å²) in [7, 11) is 0. The molecule has 1 aliphatic heterocycles. The van der Waals surface area contributed by atoms with Crippen LogP contribution in [0.2, 0.25) is 0 Å². The Labute approximate surface area is 159 Å². The van der Waals surface area contributed by atoms with Gasteiger partial charge in [-0.15, -0.1) is 8.78 Å². The molecule has 2 fully saturated rings. The Hall–Kier alpha value is -2.71. The predicted molar refractivity (Wildman–Crippen MR) is 90.8 cm³/mol. The van der Waals surface area contributed by atoms with Crippen LogP contribution in [-0.4, -0.2) is 30.6 Å². The van der Waals surface area contributed by atoms with Gasteiger partial charge in [0.05, 0.1) is 5.92 Å². The second-order valence-electron chi connectivity index (χ2n) is 7.38. The van der Waals surface area contributed by atoms with E-state index < -0.39 is 24.8 Å². The number of anilines is 1. The average Bonchev–Trinajstić information content (AvgIpc) is 2.92. The fourth-order valence-corrected chi connectivity index (χ4v) is 4.15. The lowest BCUT2D eigenvalue weighted by molar-refractivity contribution is -0.286. The molecular formula is C19H19F2NO6. The summed E-state index contributed by atoms with van der Waals surface area (Å²) in [5.74, 6) is -1.69. The summed E-state index contributed by atoms with van der Waals surface area (Å²) < 4.78 is 39.7. The molecule has 1 N–H and O–H groups in total. The standard InChI is InChI=1S/C19H19F2NO6/c20-19(21)27-14-5-4-13(8-15(14)28-19)22-16(23)9-26-18(25)12-6-10-2-1-3-11(7-12)17(10)24/h4-5,8,10-12H,1-3,6-7,9H2,(H,22,23)/t10-,11-/m0/s1. The Morgan fingerprint density at radius 3 is 2.54 bits per heavy atom. The van der Waals surface area contributed by atoms with E-state index in [1.54, 1.807) is 0 Å². The maximum atomic E-state index is 13.0. The number of rotatable bonds is 4. The van der Waals surface area contributed by atoms with Crippen molar-refractivity contribution in [2.24, 2.45) is 17.8 Å². The fourth-order valence-electron chi connectivity index (χ4n) is 4.15. The normalized spacial score (nSPS) is 27.2. The largest absolute Gasteiger partial charge is 0.586 e. The first-order valence-corrected chi connectivity index (χ1v) is 9.21. The first-order chi connectivity index (χ1) is 13.3. The van der Waals surface area contributed by atoms with Crippen LogP contribution < -0.4 is 14.8 Å². The third-order valence-electron chi connectivity index (χ3n) is 5.41. The molecule has 0 unspecified atom stereocenters.